The number of aromatic carboxylic acids is 1. The lowest BCUT2D eigenvalue weighted by atomic mass is 10.3. The van der Waals surface area contributed by atoms with Crippen LogP contribution in [0.25, 0.3) is 0 Å². The molecule has 0 fully saturated rings. The predicted octanol–water partition coefficient (Wildman–Crippen LogP) is 3.45. The van der Waals surface area contributed by atoms with E-state index >= 15 is 0 Å². The fraction of sp³-hybridized carbons (Fsp3) is 0.0769. The number of halogens is 4. The fourth-order valence-electron chi connectivity index (χ4n) is 1.26. The van der Waals surface area contributed by atoms with Crippen LogP contribution < -0.4 is 0 Å². The Balaban J connectivity index is 0.000000231. The van der Waals surface area contributed by atoms with Gasteiger partial charge in [-0.25, -0.2) is 28.3 Å². The third-order valence-electron chi connectivity index (χ3n) is 2.28. The second kappa shape index (κ2) is 8.63. The van der Waals surface area contributed by atoms with Gasteiger partial charge in [-0.2, -0.15) is 0 Å². The van der Waals surface area contributed by atoms with Crippen LogP contribution in [0.3, 0.4) is 0 Å². The van der Waals surface area contributed by atoms with Gasteiger partial charge in [-0.15, -0.1) is 0 Å². The number of hydrogen-bond donors (Lipinski definition) is 1. The minimum atomic E-state index is -1.30. The zero-order chi connectivity index (χ0) is 17.6. The van der Waals surface area contributed by atoms with Crippen molar-refractivity contribution in [1.29, 1.82) is 0 Å². The summed E-state index contributed by atoms with van der Waals surface area (Å²) in [6.07, 6.45) is 1.81. The Bertz CT molecular complexity index is 744. The van der Waals surface area contributed by atoms with Gasteiger partial charge in [0, 0.05) is 0 Å². The molecule has 2 aromatic heterocycles. The highest BCUT2D eigenvalue weighted by molar-refractivity contribution is 9.10. The quantitative estimate of drug-likeness (QED) is 0.553. The molecule has 0 unspecified atom stereocenters. The van der Waals surface area contributed by atoms with Crippen molar-refractivity contribution in [2.75, 3.05) is 7.11 Å². The first-order valence-corrected chi connectivity index (χ1v) is 7.28. The number of nitrogens with zero attached hydrogens (tertiary/aromatic N) is 2. The van der Waals surface area contributed by atoms with Crippen LogP contribution in [0.1, 0.15) is 20.7 Å². The summed E-state index contributed by atoms with van der Waals surface area (Å²) < 4.78 is 30.4. The maximum absolute atomic E-state index is 12.8. The Morgan fingerprint density at radius 3 is 1.87 bits per heavy atom. The molecule has 2 aromatic rings. The van der Waals surface area contributed by atoms with E-state index in [-0.39, 0.29) is 11.1 Å². The van der Waals surface area contributed by atoms with Crippen molar-refractivity contribution >= 4 is 43.8 Å². The van der Waals surface area contributed by atoms with Gasteiger partial charge >= 0.3 is 11.9 Å². The van der Waals surface area contributed by atoms with Gasteiger partial charge < -0.3 is 9.84 Å². The van der Waals surface area contributed by atoms with Crippen molar-refractivity contribution in [3.8, 4) is 0 Å². The van der Waals surface area contributed by atoms with E-state index in [2.05, 4.69) is 46.6 Å². The lowest BCUT2D eigenvalue weighted by Gasteiger charge is -1.99. The number of aromatic nitrogens is 2. The zero-order valence-electron chi connectivity index (χ0n) is 11.4. The molecular formula is C13H8Br2F2N2O4. The van der Waals surface area contributed by atoms with Gasteiger partial charge in [0.25, 0.3) is 0 Å². The van der Waals surface area contributed by atoms with Crippen LogP contribution in [-0.2, 0) is 4.74 Å². The number of pyridine rings is 2. The van der Waals surface area contributed by atoms with Crippen LogP contribution in [0, 0.1) is 11.6 Å². The highest BCUT2D eigenvalue weighted by atomic mass is 79.9. The molecule has 122 valence electrons. The average molecular weight is 454 g/mol. The minimum absolute atomic E-state index is 0.126. The molecule has 2 rings (SSSR count). The summed E-state index contributed by atoms with van der Waals surface area (Å²) in [6.45, 7) is 0. The highest BCUT2D eigenvalue weighted by Gasteiger charge is 2.12. The van der Waals surface area contributed by atoms with Crippen LogP contribution in [-0.4, -0.2) is 34.1 Å². The van der Waals surface area contributed by atoms with E-state index in [1.807, 2.05) is 0 Å². The first kappa shape index (κ1) is 19.1. The molecule has 0 atom stereocenters. The number of ether oxygens (including phenoxy) is 1. The Morgan fingerprint density at radius 2 is 1.48 bits per heavy atom. The third-order valence-corrected chi connectivity index (χ3v) is 3.15. The molecule has 1 N–H and O–H groups in total. The lowest BCUT2D eigenvalue weighted by Crippen LogP contribution is -2.04. The Hall–Kier alpha value is -1.94. The second-order valence-electron chi connectivity index (χ2n) is 3.77. The van der Waals surface area contributed by atoms with Gasteiger partial charge in [0.05, 0.1) is 30.6 Å². The minimum Gasteiger partial charge on any atom is -0.478 e. The third kappa shape index (κ3) is 5.64. The zero-order valence-corrected chi connectivity index (χ0v) is 14.6. The maximum Gasteiger partial charge on any atom is 0.341 e. The van der Waals surface area contributed by atoms with Crippen molar-refractivity contribution < 1.29 is 28.2 Å². The standard InChI is InChI=1S/C7H5BrFNO2.C6H3BrFNO2/c1-12-7(11)4-2-6(8)10-3-5(4)9;7-5-1-3(6(10)11)4(8)2-9-5/h2-3H,1H3;1-2H,(H,10,11). The first-order valence-electron chi connectivity index (χ1n) is 5.70. The molecule has 0 spiro atoms. The molecule has 0 aliphatic carbocycles. The number of methoxy groups -OCH3 is 1. The fourth-order valence-corrected chi connectivity index (χ4v) is 1.92. The summed E-state index contributed by atoms with van der Waals surface area (Å²) >= 11 is 5.93. The molecule has 0 saturated heterocycles. The Labute approximate surface area is 145 Å². The van der Waals surface area contributed by atoms with E-state index in [1.165, 1.54) is 13.2 Å². The molecule has 0 amide bonds. The van der Waals surface area contributed by atoms with Crippen molar-refractivity contribution in [2.24, 2.45) is 0 Å². The van der Waals surface area contributed by atoms with E-state index < -0.39 is 23.6 Å². The molecule has 0 bridgehead atoms. The summed E-state index contributed by atoms with van der Waals surface area (Å²) in [5.41, 5.74) is -0.508. The average Bonchev–Trinajstić information content (AvgIpc) is 2.51. The van der Waals surface area contributed by atoms with E-state index in [4.69, 9.17) is 5.11 Å². The number of carbonyl (C=O) groups is 2. The molecular weight excluding hydrogens is 446 g/mol. The number of carboxylic acids is 1. The van der Waals surface area contributed by atoms with Crippen LogP contribution in [0.5, 0.6) is 0 Å². The van der Waals surface area contributed by atoms with E-state index in [0.717, 1.165) is 18.5 Å². The number of carbonyl (C=O) groups excluding carboxylic acids is 1. The molecule has 2 heterocycles. The second-order valence-corrected chi connectivity index (χ2v) is 5.40. The topological polar surface area (TPSA) is 89.4 Å². The number of carboxylic acid groups (broad SMARTS) is 1. The van der Waals surface area contributed by atoms with Crippen LogP contribution in [0.15, 0.2) is 33.7 Å². The largest absolute Gasteiger partial charge is 0.478 e. The lowest BCUT2D eigenvalue weighted by molar-refractivity contribution is 0.0594. The van der Waals surface area contributed by atoms with E-state index in [9.17, 15) is 18.4 Å². The van der Waals surface area contributed by atoms with Gasteiger partial charge in [0.2, 0.25) is 0 Å². The monoisotopic (exact) mass is 452 g/mol. The van der Waals surface area contributed by atoms with Gasteiger partial charge in [-0.1, -0.05) is 0 Å². The molecule has 0 saturated carbocycles. The highest BCUT2D eigenvalue weighted by Crippen LogP contribution is 2.13. The van der Waals surface area contributed by atoms with Crippen LogP contribution in [0.2, 0.25) is 0 Å². The molecule has 23 heavy (non-hydrogen) atoms. The first-order chi connectivity index (χ1) is 10.8. The summed E-state index contributed by atoms with van der Waals surface area (Å²) in [5, 5.41) is 8.40. The summed E-state index contributed by atoms with van der Waals surface area (Å²) in [5.74, 6) is -3.54. The van der Waals surface area contributed by atoms with Crippen molar-refractivity contribution in [3.05, 3.63) is 56.5 Å². The van der Waals surface area contributed by atoms with Crippen molar-refractivity contribution in [1.82, 2.24) is 9.97 Å². The number of esters is 1. The SMILES string of the molecule is COC(=O)c1cc(Br)ncc1F.O=C(O)c1cc(Br)ncc1F. The molecule has 10 heteroatoms. The molecule has 0 aliphatic rings. The maximum atomic E-state index is 12.8. The van der Waals surface area contributed by atoms with Gasteiger partial charge in [-0.05, 0) is 44.0 Å². The summed E-state index contributed by atoms with van der Waals surface area (Å²) in [4.78, 5) is 28.3. The predicted molar refractivity (Wildman–Crippen MR) is 82.1 cm³/mol. The molecule has 0 radical (unpaired) electrons. The van der Waals surface area contributed by atoms with E-state index in [1.54, 1.807) is 0 Å². The summed E-state index contributed by atoms with van der Waals surface area (Å²) in [6, 6.07) is 2.37. The molecule has 6 nitrogen and oxygen atoms in total. The van der Waals surface area contributed by atoms with Crippen LogP contribution in [0.4, 0.5) is 8.78 Å². The normalized spacial score (nSPS) is 9.61. The van der Waals surface area contributed by atoms with Gasteiger partial charge in [0.1, 0.15) is 9.21 Å². The van der Waals surface area contributed by atoms with Crippen molar-refractivity contribution in [2.45, 2.75) is 0 Å². The molecule has 0 aliphatic heterocycles. The van der Waals surface area contributed by atoms with Crippen molar-refractivity contribution in [3.63, 3.8) is 0 Å². The smallest absolute Gasteiger partial charge is 0.341 e. The van der Waals surface area contributed by atoms with Crippen LogP contribution >= 0.6 is 31.9 Å². The summed E-state index contributed by atoms with van der Waals surface area (Å²) in [7, 11) is 1.19. The van der Waals surface area contributed by atoms with Gasteiger partial charge in [0.15, 0.2) is 11.6 Å². The Morgan fingerprint density at radius 1 is 1.04 bits per heavy atom. The Kier molecular flexibility index (Phi) is 7.17. The molecule has 0 aromatic carbocycles. The number of hydrogen-bond acceptors (Lipinski definition) is 5. The van der Waals surface area contributed by atoms with Gasteiger partial charge in [-0.3, -0.25) is 0 Å². The number of rotatable bonds is 2. The van der Waals surface area contributed by atoms with E-state index in [0.29, 0.717) is 9.21 Å².